The van der Waals surface area contributed by atoms with Gasteiger partial charge < -0.3 is 14.2 Å². The molecule has 1 atom stereocenters. The van der Waals surface area contributed by atoms with Gasteiger partial charge >= 0.3 is 5.97 Å². The number of ether oxygens (including phenoxy) is 3. The standard InChI is InChI=1S/C28H39NO3.C22H28O2/c1-19-14-25(32-24-10-8-23(9-11-24)28(2,3)4)16-21-7-6-20(15-26(19)21)17-29-13-12-22(18-29)27(30)31-5;1-15-11-20(13-17-6-5-16(14-23)12-21(15)17)24-19-9-7-18(8-10-19)22(2,3)4/h6-7,14-16,22-24H,8-13,17-18H2,1-5H3;5-6,11-14,18-19H,7-10H2,1-4H3. The highest BCUT2D eigenvalue weighted by Gasteiger charge is 2.32. The highest BCUT2D eigenvalue weighted by Crippen LogP contribution is 2.41. The maximum absolute atomic E-state index is 11.8. The molecule has 0 aromatic heterocycles. The van der Waals surface area contributed by atoms with Gasteiger partial charge in [-0.2, -0.15) is 0 Å². The molecule has 2 saturated carbocycles. The minimum atomic E-state index is -0.0821. The third kappa shape index (κ3) is 10.5. The van der Waals surface area contributed by atoms with Crippen LogP contribution in [0.3, 0.4) is 0 Å². The average molecular weight is 762 g/mol. The zero-order chi connectivity index (χ0) is 40.2. The van der Waals surface area contributed by atoms with E-state index in [-0.39, 0.29) is 11.9 Å². The lowest BCUT2D eigenvalue weighted by Crippen LogP contribution is -2.30. The summed E-state index contributed by atoms with van der Waals surface area (Å²) < 4.78 is 17.6. The molecule has 56 heavy (non-hydrogen) atoms. The Morgan fingerprint density at radius 2 is 1.18 bits per heavy atom. The van der Waals surface area contributed by atoms with E-state index in [4.69, 9.17) is 14.2 Å². The molecule has 3 aliphatic rings. The van der Waals surface area contributed by atoms with Crippen molar-refractivity contribution in [1.82, 2.24) is 4.90 Å². The molecule has 302 valence electrons. The number of fused-ring (bicyclic) bond motifs is 2. The zero-order valence-electron chi connectivity index (χ0n) is 35.7. The first kappa shape index (κ1) is 41.7. The Labute approximate surface area is 336 Å². The monoisotopic (exact) mass is 762 g/mol. The molecule has 2 aliphatic carbocycles. The van der Waals surface area contributed by atoms with Crippen LogP contribution in [-0.2, 0) is 16.1 Å². The van der Waals surface area contributed by atoms with Crippen molar-refractivity contribution in [1.29, 1.82) is 0 Å². The van der Waals surface area contributed by atoms with Crippen molar-refractivity contribution in [3.8, 4) is 11.5 Å². The first-order chi connectivity index (χ1) is 26.6. The predicted octanol–water partition coefficient (Wildman–Crippen LogP) is 12.1. The van der Waals surface area contributed by atoms with Crippen LogP contribution in [0.15, 0.2) is 60.7 Å². The lowest BCUT2D eigenvalue weighted by atomic mass is 9.72. The topological polar surface area (TPSA) is 65.1 Å². The molecule has 3 fully saturated rings. The largest absolute Gasteiger partial charge is 0.490 e. The summed E-state index contributed by atoms with van der Waals surface area (Å²) in [6.45, 7) is 21.0. The van der Waals surface area contributed by atoms with E-state index < -0.39 is 0 Å². The van der Waals surface area contributed by atoms with Gasteiger partial charge in [0.05, 0.1) is 25.2 Å². The summed E-state index contributed by atoms with van der Waals surface area (Å²) >= 11 is 0. The van der Waals surface area contributed by atoms with Gasteiger partial charge in [0.2, 0.25) is 0 Å². The number of carbonyl (C=O) groups excluding carboxylic acids is 2. The molecule has 0 radical (unpaired) electrons. The number of aryl methyl sites for hydroxylation is 2. The SMILES string of the molecule is COC(=O)C1CCN(Cc2ccc3cc(OC4CCC(C(C)(C)C)CC4)cc(C)c3c2)C1.Cc1cc(OC2CCC(C(C)(C)C)CC2)cc2ccc(C=O)cc12. The van der Waals surface area contributed by atoms with E-state index in [9.17, 15) is 9.59 Å². The van der Waals surface area contributed by atoms with Crippen molar-refractivity contribution < 1.29 is 23.8 Å². The van der Waals surface area contributed by atoms with Gasteiger partial charge in [0.15, 0.2) is 0 Å². The van der Waals surface area contributed by atoms with Gasteiger partial charge in [0, 0.05) is 18.7 Å². The number of nitrogens with zero attached hydrogens (tertiary/aromatic N) is 1. The van der Waals surface area contributed by atoms with Gasteiger partial charge in [-0.15, -0.1) is 0 Å². The van der Waals surface area contributed by atoms with Gasteiger partial charge in [0.1, 0.15) is 17.8 Å². The maximum Gasteiger partial charge on any atom is 0.310 e. The zero-order valence-corrected chi connectivity index (χ0v) is 35.7. The molecule has 4 aromatic rings. The van der Waals surface area contributed by atoms with Gasteiger partial charge in [0.25, 0.3) is 0 Å². The Hall–Kier alpha value is -3.90. The van der Waals surface area contributed by atoms with Crippen LogP contribution >= 0.6 is 0 Å². The first-order valence-corrected chi connectivity index (χ1v) is 21.3. The number of hydrogen-bond acceptors (Lipinski definition) is 6. The van der Waals surface area contributed by atoms with Crippen molar-refractivity contribution in [3.05, 3.63) is 82.9 Å². The molecule has 6 nitrogen and oxygen atoms in total. The molecule has 1 unspecified atom stereocenters. The Kier molecular flexibility index (Phi) is 13.2. The lowest BCUT2D eigenvalue weighted by Gasteiger charge is -2.37. The smallest absolute Gasteiger partial charge is 0.310 e. The molecule has 0 N–H and O–H groups in total. The fraction of sp³-hybridized carbons (Fsp3) is 0.560. The maximum atomic E-state index is 11.8. The van der Waals surface area contributed by atoms with Gasteiger partial charge in [-0.05, 0) is 175 Å². The van der Waals surface area contributed by atoms with Crippen LogP contribution in [0.4, 0.5) is 0 Å². The first-order valence-electron chi connectivity index (χ1n) is 21.3. The van der Waals surface area contributed by atoms with Crippen LogP contribution in [0.2, 0.25) is 0 Å². The molecular formula is C50H67NO5. The van der Waals surface area contributed by atoms with Crippen LogP contribution in [0.25, 0.3) is 21.5 Å². The summed E-state index contributed by atoms with van der Waals surface area (Å²) in [5.41, 5.74) is 5.24. The summed E-state index contributed by atoms with van der Waals surface area (Å²) in [5.74, 6) is 3.50. The van der Waals surface area contributed by atoms with Crippen LogP contribution in [-0.4, -0.2) is 49.6 Å². The predicted molar refractivity (Wildman–Crippen MR) is 230 cm³/mol. The number of carbonyl (C=O) groups is 2. The van der Waals surface area contributed by atoms with E-state index >= 15 is 0 Å². The number of aldehydes is 1. The van der Waals surface area contributed by atoms with E-state index in [2.05, 4.69) is 103 Å². The highest BCUT2D eigenvalue weighted by molar-refractivity contribution is 5.92. The quantitative estimate of drug-likeness (QED) is 0.132. The number of benzene rings is 4. The van der Waals surface area contributed by atoms with E-state index in [1.54, 1.807) is 0 Å². The Morgan fingerprint density at radius 1 is 0.679 bits per heavy atom. The molecule has 1 heterocycles. The van der Waals surface area contributed by atoms with Crippen molar-refractivity contribution in [2.75, 3.05) is 20.2 Å². The fourth-order valence-electron chi connectivity index (χ4n) is 9.46. The number of rotatable bonds is 8. The second kappa shape index (κ2) is 17.7. The van der Waals surface area contributed by atoms with Crippen molar-refractivity contribution >= 4 is 33.8 Å². The Morgan fingerprint density at radius 3 is 1.66 bits per heavy atom. The molecule has 6 heteroatoms. The van der Waals surface area contributed by atoms with Crippen LogP contribution in [0.5, 0.6) is 11.5 Å². The summed E-state index contributed by atoms with van der Waals surface area (Å²) in [5, 5.41) is 4.79. The normalized spacial score (nSPS) is 23.3. The summed E-state index contributed by atoms with van der Waals surface area (Å²) in [6.07, 6.45) is 12.1. The van der Waals surface area contributed by atoms with Crippen molar-refractivity contribution in [2.24, 2.45) is 28.6 Å². The third-order valence-corrected chi connectivity index (χ3v) is 13.1. The number of methoxy groups -OCH3 is 1. The van der Waals surface area contributed by atoms with E-state index in [1.165, 1.54) is 54.7 Å². The van der Waals surface area contributed by atoms with E-state index in [0.29, 0.717) is 23.0 Å². The minimum absolute atomic E-state index is 0.0142. The molecule has 0 bridgehead atoms. The van der Waals surface area contributed by atoms with E-state index in [1.807, 2.05) is 18.2 Å². The van der Waals surface area contributed by atoms with Crippen LogP contribution in [0.1, 0.15) is 126 Å². The Balaban J connectivity index is 0.000000198. The van der Waals surface area contributed by atoms with Gasteiger partial charge in [-0.25, -0.2) is 0 Å². The number of likely N-dealkylation sites (tertiary alicyclic amines) is 1. The van der Waals surface area contributed by atoms with Crippen LogP contribution in [0, 0.1) is 42.4 Å². The molecule has 0 spiro atoms. The third-order valence-electron chi connectivity index (χ3n) is 13.1. The molecule has 1 saturated heterocycles. The summed E-state index contributed by atoms with van der Waals surface area (Å²) in [7, 11) is 1.48. The minimum Gasteiger partial charge on any atom is -0.490 e. The lowest BCUT2D eigenvalue weighted by molar-refractivity contribution is -0.144. The van der Waals surface area contributed by atoms with Crippen molar-refractivity contribution in [2.45, 2.75) is 132 Å². The second-order valence-electron chi connectivity index (χ2n) is 19.3. The fourth-order valence-corrected chi connectivity index (χ4v) is 9.46. The van der Waals surface area contributed by atoms with Gasteiger partial charge in [-0.3, -0.25) is 14.5 Å². The molecular weight excluding hydrogens is 695 g/mol. The molecule has 7 rings (SSSR count). The summed E-state index contributed by atoms with van der Waals surface area (Å²) in [4.78, 5) is 25.1. The van der Waals surface area contributed by atoms with Crippen molar-refractivity contribution in [3.63, 3.8) is 0 Å². The summed E-state index contributed by atoms with van der Waals surface area (Å²) in [6, 6.07) is 21.2. The molecule has 4 aromatic carbocycles. The molecule has 1 aliphatic heterocycles. The highest BCUT2D eigenvalue weighted by atomic mass is 16.5. The second-order valence-corrected chi connectivity index (χ2v) is 19.3. The molecule has 0 amide bonds. The van der Waals surface area contributed by atoms with Crippen LogP contribution < -0.4 is 9.47 Å². The Bertz CT molecular complexity index is 1970. The average Bonchev–Trinajstić information content (AvgIpc) is 3.63. The number of hydrogen-bond donors (Lipinski definition) is 0. The van der Waals surface area contributed by atoms with E-state index in [0.717, 1.165) is 103 Å². The van der Waals surface area contributed by atoms with Gasteiger partial charge in [-0.1, -0.05) is 65.8 Å². The number of esters is 1.